The Labute approximate surface area is 88.5 Å². The van der Waals surface area contributed by atoms with Gasteiger partial charge in [0.15, 0.2) is 0 Å². The van der Waals surface area contributed by atoms with Crippen LogP contribution >= 0.6 is 0 Å². The number of amides is 1. The second-order valence-corrected chi connectivity index (χ2v) is 3.75. The van der Waals surface area contributed by atoms with Gasteiger partial charge in [-0.25, -0.2) is 0 Å². The molecule has 0 aromatic heterocycles. The molecule has 0 bridgehead atoms. The zero-order valence-electron chi connectivity index (χ0n) is 10.3. The SMILES string of the molecule is CC.CCC(CC)C1(C(=O)NC)CC1. The first-order valence-corrected chi connectivity index (χ1v) is 5.93. The average Bonchev–Trinajstić information content (AvgIpc) is 3.03. The van der Waals surface area contributed by atoms with Crippen molar-refractivity contribution in [1.29, 1.82) is 0 Å². The molecule has 0 unspecified atom stereocenters. The highest BCUT2D eigenvalue weighted by Gasteiger charge is 2.53. The van der Waals surface area contributed by atoms with E-state index in [9.17, 15) is 4.79 Å². The van der Waals surface area contributed by atoms with Crippen molar-refractivity contribution >= 4 is 5.91 Å². The Bertz CT molecular complexity index is 169. The van der Waals surface area contributed by atoms with Crippen molar-refractivity contribution in [2.24, 2.45) is 11.3 Å². The van der Waals surface area contributed by atoms with E-state index in [0.29, 0.717) is 5.92 Å². The molecule has 1 N–H and O–H groups in total. The molecule has 1 rings (SSSR count). The van der Waals surface area contributed by atoms with Gasteiger partial charge >= 0.3 is 0 Å². The first-order chi connectivity index (χ1) is 6.71. The third-order valence-electron chi connectivity index (χ3n) is 3.24. The van der Waals surface area contributed by atoms with Gasteiger partial charge in [0, 0.05) is 7.05 Å². The number of hydrogen-bond acceptors (Lipinski definition) is 1. The molecule has 84 valence electrons. The molecule has 1 saturated carbocycles. The van der Waals surface area contributed by atoms with Gasteiger partial charge in [-0.15, -0.1) is 0 Å². The van der Waals surface area contributed by atoms with Gasteiger partial charge in [0.2, 0.25) is 5.91 Å². The average molecular weight is 199 g/mol. The maximum absolute atomic E-state index is 11.5. The van der Waals surface area contributed by atoms with E-state index in [1.54, 1.807) is 7.05 Å². The predicted molar refractivity (Wildman–Crippen MR) is 61.2 cm³/mol. The van der Waals surface area contributed by atoms with E-state index in [1.807, 2.05) is 13.8 Å². The number of rotatable bonds is 4. The molecule has 1 amide bonds. The number of carbonyl (C=O) groups is 1. The van der Waals surface area contributed by atoms with Crippen LogP contribution in [0.4, 0.5) is 0 Å². The Kier molecular flexibility index (Phi) is 5.82. The summed E-state index contributed by atoms with van der Waals surface area (Å²) in [6.45, 7) is 8.36. The van der Waals surface area contributed by atoms with Gasteiger partial charge in [-0.1, -0.05) is 40.5 Å². The number of carbonyl (C=O) groups excluding carboxylic acids is 1. The van der Waals surface area contributed by atoms with E-state index in [1.165, 1.54) is 0 Å². The van der Waals surface area contributed by atoms with Crippen molar-refractivity contribution in [3.8, 4) is 0 Å². The lowest BCUT2D eigenvalue weighted by Crippen LogP contribution is -2.34. The quantitative estimate of drug-likeness (QED) is 0.741. The van der Waals surface area contributed by atoms with Gasteiger partial charge in [0.1, 0.15) is 0 Å². The summed E-state index contributed by atoms with van der Waals surface area (Å²) in [7, 11) is 1.74. The molecule has 1 aliphatic carbocycles. The smallest absolute Gasteiger partial charge is 0.226 e. The summed E-state index contributed by atoms with van der Waals surface area (Å²) in [5, 5.41) is 2.78. The lowest BCUT2D eigenvalue weighted by molar-refractivity contribution is -0.128. The summed E-state index contributed by atoms with van der Waals surface area (Å²) in [5.41, 5.74) is 0.0260. The Balaban J connectivity index is 0.000000791. The van der Waals surface area contributed by atoms with Crippen LogP contribution in [-0.4, -0.2) is 13.0 Å². The largest absolute Gasteiger partial charge is 0.359 e. The zero-order chi connectivity index (χ0) is 11.2. The van der Waals surface area contributed by atoms with Crippen molar-refractivity contribution in [1.82, 2.24) is 5.32 Å². The Morgan fingerprint density at radius 1 is 1.29 bits per heavy atom. The Morgan fingerprint density at radius 2 is 1.71 bits per heavy atom. The van der Waals surface area contributed by atoms with Crippen molar-refractivity contribution in [3.05, 3.63) is 0 Å². The topological polar surface area (TPSA) is 29.1 Å². The highest BCUT2D eigenvalue weighted by atomic mass is 16.2. The summed E-state index contributed by atoms with van der Waals surface area (Å²) in [6, 6.07) is 0. The zero-order valence-corrected chi connectivity index (χ0v) is 10.3. The highest BCUT2D eigenvalue weighted by molar-refractivity contribution is 5.85. The van der Waals surface area contributed by atoms with Gasteiger partial charge in [0.05, 0.1) is 5.41 Å². The monoisotopic (exact) mass is 199 g/mol. The summed E-state index contributed by atoms with van der Waals surface area (Å²) < 4.78 is 0. The van der Waals surface area contributed by atoms with Crippen LogP contribution in [0.25, 0.3) is 0 Å². The summed E-state index contributed by atoms with van der Waals surface area (Å²) in [5.74, 6) is 0.855. The molecule has 14 heavy (non-hydrogen) atoms. The molecule has 0 heterocycles. The molecular weight excluding hydrogens is 174 g/mol. The van der Waals surface area contributed by atoms with Crippen molar-refractivity contribution in [3.63, 3.8) is 0 Å². The maximum atomic E-state index is 11.5. The van der Waals surface area contributed by atoms with Crippen LogP contribution in [0.15, 0.2) is 0 Å². The molecule has 0 spiro atoms. The van der Waals surface area contributed by atoms with E-state index >= 15 is 0 Å². The molecule has 0 saturated heterocycles. The van der Waals surface area contributed by atoms with Gasteiger partial charge in [-0.05, 0) is 18.8 Å². The molecule has 0 aromatic rings. The van der Waals surface area contributed by atoms with Crippen LogP contribution < -0.4 is 5.32 Å². The summed E-state index contributed by atoms with van der Waals surface area (Å²) in [4.78, 5) is 11.5. The van der Waals surface area contributed by atoms with Crippen molar-refractivity contribution in [2.45, 2.75) is 53.4 Å². The van der Waals surface area contributed by atoms with Crippen LogP contribution in [0.2, 0.25) is 0 Å². The standard InChI is InChI=1S/C10H19NO.C2H6/c1-4-8(5-2)10(6-7-10)9(12)11-3;1-2/h8H,4-7H2,1-3H3,(H,11,12);1-2H3. The minimum atomic E-state index is 0.0260. The first kappa shape index (κ1) is 13.5. The third-order valence-corrected chi connectivity index (χ3v) is 3.24. The molecule has 0 aliphatic heterocycles. The number of nitrogens with one attached hydrogen (secondary N) is 1. The second kappa shape index (κ2) is 6.05. The number of hydrogen-bond donors (Lipinski definition) is 1. The predicted octanol–water partition coefficient (Wildman–Crippen LogP) is 2.98. The Morgan fingerprint density at radius 3 is 1.93 bits per heavy atom. The molecule has 1 fully saturated rings. The normalized spacial score (nSPS) is 17.0. The summed E-state index contributed by atoms with van der Waals surface area (Å²) in [6.07, 6.45) is 4.45. The van der Waals surface area contributed by atoms with Gasteiger partial charge < -0.3 is 5.32 Å². The maximum Gasteiger partial charge on any atom is 0.226 e. The lowest BCUT2D eigenvalue weighted by Gasteiger charge is -2.22. The van der Waals surface area contributed by atoms with E-state index in [4.69, 9.17) is 0 Å². The molecule has 1 aliphatic rings. The summed E-state index contributed by atoms with van der Waals surface area (Å²) >= 11 is 0. The third kappa shape index (κ3) is 2.49. The van der Waals surface area contributed by atoms with Gasteiger partial charge in [0.25, 0.3) is 0 Å². The van der Waals surface area contributed by atoms with Gasteiger partial charge in [-0.3, -0.25) is 4.79 Å². The molecular formula is C12H25NO. The fourth-order valence-electron chi connectivity index (χ4n) is 2.27. The minimum Gasteiger partial charge on any atom is -0.359 e. The lowest BCUT2D eigenvalue weighted by atomic mass is 9.84. The fraction of sp³-hybridized carbons (Fsp3) is 0.917. The van der Waals surface area contributed by atoms with Crippen molar-refractivity contribution < 1.29 is 4.79 Å². The van der Waals surface area contributed by atoms with Crippen LogP contribution in [-0.2, 0) is 4.79 Å². The van der Waals surface area contributed by atoms with Crippen LogP contribution in [0.5, 0.6) is 0 Å². The van der Waals surface area contributed by atoms with Crippen molar-refractivity contribution in [2.75, 3.05) is 7.05 Å². The molecule has 0 radical (unpaired) electrons. The first-order valence-electron chi connectivity index (χ1n) is 5.93. The van der Waals surface area contributed by atoms with Crippen LogP contribution in [0.1, 0.15) is 53.4 Å². The molecule has 2 nitrogen and oxygen atoms in total. The van der Waals surface area contributed by atoms with E-state index in [-0.39, 0.29) is 11.3 Å². The minimum absolute atomic E-state index is 0.0260. The molecule has 0 aromatic carbocycles. The van der Waals surface area contributed by atoms with Crippen LogP contribution in [0.3, 0.4) is 0 Å². The van der Waals surface area contributed by atoms with E-state index in [0.717, 1.165) is 25.7 Å². The fourth-order valence-corrected chi connectivity index (χ4v) is 2.27. The second-order valence-electron chi connectivity index (χ2n) is 3.75. The van der Waals surface area contributed by atoms with Crippen LogP contribution in [0, 0.1) is 11.3 Å². The highest BCUT2D eigenvalue weighted by Crippen LogP contribution is 2.54. The van der Waals surface area contributed by atoms with E-state index in [2.05, 4.69) is 19.2 Å². The van der Waals surface area contributed by atoms with E-state index < -0.39 is 0 Å². The van der Waals surface area contributed by atoms with Gasteiger partial charge in [-0.2, -0.15) is 0 Å². The Hall–Kier alpha value is -0.530. The molecule has 0 atom stereocenters. The molecule has 2 heteroatoms.